The Hall–Kier alpha value is -2.43. The van der Waals surface area contributed by atoms with E-state index < -0.39 is 0 Å². The molecule has 0 unspecified atom stereocenters. The van der Waals surface area contributed by atoms with Gasteiger partial charge < -0.3 is 9.67 Å². The quantitative estimate of drug-likeness (QED) is 0.665. The van der Waals surface area contributed by atoms with Gasteiger partial charge in [-0.05, 0) is 31.5 Å². The molecule has 3 rings (SSSR count). The zero-order valence-corrected chi connectivity index (χ0v) is 15.5. The second kappa shape index (κ2) is 8.79. The number of aromatic nitrogens is 2. The maximum Gasteiger partial charge on any atom is 0.124 e. The molecule has 3 aromatic rings. The molecule has 0 amide bonds. The van der Waals surface area contributed by atoms with Crippen LogP contribution in [-0.4, -0.2) is 39.3 Å². The molecule has 0 saturated carbocycles. The topological polar surface area (TPSA) is 41.3 Å². The maximum atomic E-state index is 9.46. The maximum absolute atomic E-state index is 9.46. The first-order valence-corrected chi connectivity index (χ1v) is 9.19. The summed E-state index contributed by atoms with van der Waals surface area (Å²) in [4.78, 5) is 7.06. The summed E-state index contributed by atoms with van der Waals surface area (Å²) in [6.07, 6.45) is 4.27. The largest absolute Gasteiger partial charge is 0.395 e. The van der Waals surface area contributed by atoms with E-state index in [1.807, 2.05) is 24.3 Å². The Morgan fingerprint density at radius 3 is 2.54 bits per heavy atom. The van der Waals surface area contributed by atoms with Crippen molar-refractivity contribution in [1.82, 2.24) is 14.5 Å². The van der Waals surface area contributed by atoms with Crippen molar-refractivity contribution < 1.29 is 5.11 Å². The number of fused-ring (bicyclic) bond motifs is 1. The molecule has 1 heterocycles. The predicted octanol–water partition coefficient (Wildman–Crippen LogP) is 4.12. The molecule has 0 spiro atoms. The second-order valence-corrected chi connectivity index (χ2v) is 6.75. The summed E-state index contributed by atoms with van der Waals surface area (Å²) in [6, 6.07) is 18.9. The van der Waals surface area contributed by atoms with Crippen molar-refractivity contribution >= 4 is 17.1 Å². The Morgan fingerprint density at radius 2 is 1.81 bits per heavy atom. The molecule has 0 fully saturated rings. The van der Waals surface area contributed by atoms with Crippen LogP contribution in [0, 0.1) is 0 Å². The molecular weight excluding hydrogens is 322 g/mol. The number of aliphatic hydroxyl groups excluding tert-OH is 1. The monoisotopic (exact) mass is 349 g/mol. The molecule has 0 saturated heterocycles. The fourth-order valence-electron chi connectivity index (χ4n) is 3.26. The first-order valence-electron chi connectivity index (χ1n) is 9.19. The van der Waals surface area contributed by atoms with Crippen molar-refractivity contribution in [3.63, 3.8) is 0 Å². The van der Waals surface area contributed by atoms with Gasteiger partial charge in [-0.2, -0.15) is 0 Å². The average molecular weight is 349 g/mol. The standard InChI is InChI=1S/C22H27N3O/c1-18(2)25-21-13-7-6-12-20(21)23-22(25)17-24(15-16-26)14-8-11-19-9-4-3-5-10-19/h3-13,18,26H,14-17H2,1-2H3/b11-8+. The minimum Gasteiger partial charge on any atom is -0.395 e. The van der Waals surface area contributed by atoms with Gasteiger partial charge in [0.15, 0.2) is 0 Å². The Labute approximate surface area is 155 Å². The first kappa shape index (κ1) is 18.4. The lowest BCUT2D eigenvalue weighted by molar-refractivity contribution is 0.199. The lowest BCUT2D eigenvalue weighted by atomic mass is 10.2. The Balaban J connectivity index is 1.78. The van der Waals surface area contributed by atoms with E-state index in [0.717, 1.165) is 17.9 Å². The van der Waals surface area contributed by atoms with E-state index in [0.29, 0.717) is 19.1 Å². The summed E-state index contributed by atoms with van der Waals surface area (Å²) in [5.41, 5.74) is 3.38. The molecule has 136 valence electrons. The molecule has 0 aliphatic heterocycles. The lowest BCUT2D eigenvalue weighted by Gasteiger charge is -2.21. The van der Waals surface area contributed by atoms with Crippen molar-refractivity contribution in [2.45, 2.75) is 26.4 Å². The summed E-state index contributed by atoms with van der Waals surface area (Å²) in [6.45, 7) is 6.62. The van der Waals surface area contributed by atoms with E-state index in [9.17, 15) is 5.11 Å². The van der Waals surface area contributed by atoms with Crippen molar-refractivity contribution in [3.8, 4) is 0 Å². The highest BCUT2D eigenvalue weighted by Crippen LogP contribution is 2.22. The number of benzene rings is 2. The van der Waals surface area contributed by atoms with Gasteiger partial charge in [-0.15, -0.1) is 0 Å². The number of hydrogen-bond donors (Lipinski definition) is 1. The van der Waals surface area contributed by atoms with Gasteiger partial charge in [0.2, 0.25) is 0 Å². The highest BCUT2D eigenvalue weighted by molar-refractivity contribution is 5.76. The van der Waals surface area contributed by atoms with Crippen molar-refractivity contribution in [2.24, 2.45) is 0 Å². The minimum atomic E-state index is 0.140. The Kier molecular flexibility index (Phi) is 6.21. The van der Waals surface area contributed by atoms with Crippen LogP contribution in [0.15, 0.2) is 60.7 Å². The predicted molar refractivity (Wildman–Crippen MR) is 108 cm³/mol. The third kappa shape index (κ3) is 4.40. The highest BCUT2D eigenvalue weighted by Gasteiger charge is 2.15. The molecule has 0 aliphatic carbocycles. The fraction of sp³-hybridized carbons (Fsp3) is 0.318. The van der Waals surface area contributed by atoms with Crippen LogP contribution < -0.4 is 0 Å². The summed E-state index contributed by atoms with van der Waals surface area (Å²) in [5.74, 6) is 1.04. The van der Waals surface area contributed by atoms with Crippen LogP contribution in [0.5, 0.6) is 0 Å². The van der Waals surface area contributed by atoms with E-state index in [1.54, 1.807) is 0 Å². The molecule has 2 aromatic carbocycles. The van der Waals surface area contributed by atoms with E-state index in [4.69, 9.17) is 4.98 Å². The van der Waals surface area contributed by atoms with E-state index in [2.05, 4.69) is 65.8 Å². The van der Waals surface area contributed by atoms with E-state index in [-0.39, 0.29) is 6.61 Å². The smallest absolute Gasteiger partial charge is 0.124 e. The highest BCUT2D eigenvalue weighted by atomic mass is 16.3. The van der Waals surface area contributed by atoms with Gasteiger partial charge in [-0.1, -0.05) is 54.6 Å². The van der Waals surface area contributed by atoms with Gasteiger partial charge in [-0.3, -0.25) is 4.90 Å². The van der Waals surface area contributed by atoms with E-state index in [1.165, 1.54) is 11.1 Å². The summed E-state index contributed by atoms with van der Waals surface area (Å²) in [5, 5.41) is 9.46. The van der Waals surface area contributed by atoms with E-state index >= 15 is 0 Å². The van der Waals surface area contributed by atoms with Gasteiger partial charge in [0.1, 0.15) is 5.82 Å². The van der Waals surface area contributed by atoms with Gasteiger partial charge in [0.05, 0.1) is 24.2 Å². The lowest BCUT2D eigenvalue weighted by Crippen LogP contribution is -2.28. The summed E-state index contributed by atoms with van der Waals surface area (Å²) in [7, 11) is 0. The second-order valence-electron chi connectivity index (χ2n) is 6.75. The number of rotatable bonds is 8. The van der Waals surface area contributed by atoms with Gasteiger partial charge in [0.25, 0.3) is 0 Å². The third-order valence-electron chi connectivity index (χ3n) is 4.44. The zero-order chi connectivity index (χ0) is 18.4. The van der Waals surface area contributed by atoms with Crippen LogP contribution >= 0.6 is 0 Å². The van der Waals surface area contributed by atoms with Gasteiger partial charge in [-0.25, -0.2) is 4.98 Å². The fourth-order valence-corrected chi connectivity index (χ4v) is 3.26. The molecule has 0 radical (unpaired) electrons. The van der Waals surface area contributed by atoms with Crippen molar-refractivity contribution in [3.05, 3.63) is 72.1 Å². The molecule has 0 bridgehead atoms. The Morgan fingerprint density at radius 1 is 1.08 bits per heavy atom. The Bertz CT molecular complexity index is 852. The minimum absolute atomic E-state index is 0.140. The SMILES string of the molecule is CC(C)n1c(CN(C/C=C/c2ccccc2)CCO)nc2ccccc21. The zero-order valence-electron chi connectivity index (χ0n) is 15.5. The number of hydrogen-bond acceptors (Lipinski definition) is 3. The van der Waals surface area contributed by atoms with Crippen LogP contribution in [0.25, 0.3) is 17.1 Å². The van der Waals surface area contributed by atoms with Crippen molar-refractivity contribution in [2.75, 3.05) is 19.7 Å². The van der Waals surface area contributed by atoms with Crippen LogP contribution in [0.2, 0.25) is 0 Å². The molecule has 0 aliphatic rings. The van der Waals surface area contributed by atoms with Crippen molar-refractivity contribution in [1.29, 1.82) is 0 Å². The van der Waals surface area contributed by atoms with Gasteiger partial charge >= 0.3 is 0 Å². The summed E-state index contributed by atoms with van der Waals surface area (Å²) < 4.78 is 2.29. The molecule has 26 heavy (non-hydrogen) atoms. The molecule has 4 nitrogen and oxygen atoms in total. The number of imidazole rings is 1. The number of nitrogens with zero attached hydrogens (tertiary/aromatic N) is 3. The number of aliphatic hydroxyl groups is 1. The first-order chi connectivity index (χ1) is 12.7. The molecule has 4 heteroatoms. The van der Waals surface area contributed by atoms with Crippen LogP contribution in [-0.2, 0) is 6.54 Å². The number of para-hydroxylation sites is 2. The molecular formula is C22H27N3O. The van der Waals surface area contributed by atoms with Gasteiger partial charge in [0, 0.05) is 19.1 Å². The normalized spacial score (nSPS) is 12.0. The third-order valence-corrected chi connectivity index (χ3v) is 4.44. The van der Waals surface area contributed by atoms with Crippen LogP contribution in [0.4, 0.5) is 0 Å². The summed E-state index contributed by atoms with van der Waals surface area (Å²) >= 11 is 0. The average Bonchev–Trinajstić information content (AvgIpc) is 3.00. The molecule has 1 N–H and O–H groups in total. The van der Waals surface area contributed by atoms with Crippen LogP contribution in [0.1, 0.15) is 31.3 Å². The molecule has 1 aromatic heterocycles. The molecule has 0 atom stereocenters. The van der Waals surface area contributed by atoms with Crippen LogP contribution in [0.3, 0.4) is 0 Å².